The number of nitrogens with one attached hydrogen (secondary N) is 1. The quantitative estimate of drug-likeness (QED) is 0.472. The number of rotatable bonds is 8. The van der Waals surface area contributed by atoms with E-state index in [0.29, 0.717) is 28.9 Å². The number of nitrogens with two attached hydrogens (primary N) is 2. The second-order valence-electron chi connectivity index (χ2n) is 6.74. The van der Waals surface area contributed by atoms with Crippen molar-refractivity contribution in [2.45, 2.75) is 19.8 Å². The summed E-state index contributed by atoms with van der Waals surface area (Å²) < 4.78 is 5.83. The van der Waals surface area contributed by atoms with E-state index in [1.54, 1.807) is 25.1 Å². The number of nitrogens with zero attached hydrogens (tertiary/aromatic N) is 3. The lowest BCUT2D eigenvalue weighted by Crippen LogP contribution is -2.27. The van der Waals surface area contributed by atoms with Crippen LogP contribution in [-0.2, 0) is 4.79 Å². The molecule has 28 heavy (non-hydrogen) atoms. The van der Waals surface area contributed by atoms with Gasteiger partial charge in [-0.3, -0.25) is 4.79 Å². The summed E-state index contributed by atoms with van der Waals surface area (Å²) in [5.74, 6) is 1.73. The summed E-state index contributed by atoms with van der Waals surface area (Å²) >= 11 is 0. The molecule has 0 aliphatic heterocycles. The van der Waals surface area contributed by atoms with Crippen molar-refractivity contribution in [1.82, 2.24) is 4.98 Å². The van der Waals surface area contributed by atoms with Gasteiger partial charge < -0.3 is 21.5 Å². The third-order valence-corrected chi connectivity index (χ3v) is 4.36. The summed E-state index contributed by atoms with van der Waals surface area (Å²) in [6, 6.07) is 10.6. The molecule has 2 aromatic rings. The largest absolute Gasteiger partial charge is 0.460 e. The Morgan fingerprint density at radius 1 is 1.29 bits per heavy atom. The minimum atomic E-state index is -0.315. The van der Waals surface area contributed by atoms with Crippen LogP contribution in [0.3, 0.4) is 0 Å². The smallest absolute Gasteiger partial charge is 0.229 e. The van der Waals surface area contributed by atoms with E-state index in [-0.39, 0.29) is 24.2 Å². The number of allylic oxidation sites excluding steroid dienone is 1. The zero-order chi connectivity index (χ0) is 20.1. The van der Waals surface area contributed by atoms with Crippen molar-refractivity contribution in [3.63, 3.8) is 0 Å². The van der Waals surface area contributed by atoms with E-state index in [1.807, 2.05) is 18.2 Å². The van der Waals surface area contributed by atoms with Gasteiger partial charge in [-0.05, 0) is 37.1 Å². The summed E-state index contributed by atoms with van der Waals surface area (Å²) in [5, 5.41) is 11.1. The molecule has 1 aliphatic carbocycles. The van der Waals surface area contributed by atoms with Gasteiger partial charge in [0.2, 0.25) is 5.91 Å². The molecule has 0 unspecified atom stereocenters. The molecular weight excluding hydrogens is 356 g/mol. The molecule has 8 nitrogen and oxygen atoms in total. The normalized spacial score (nSPS) is 14.6. The molecule has 8 heteroatoms. The number of carbonyl (C=O) groups excluding carboxylic acids is 1. The summed E-state index contributed by atoms with van der Waals surface area (Å²) in [7, 11) is 0. The number of ether oxygens (including phenoxy) is 1. The monoisotopic (exact) mass is 380 g/mol. The first-order valence-electron chi connectivity index (χ1n) is 9.12. The second kappa shape index (κ2) is 8.62. The van der Waals surface area contributed by atoms with Crippen LogP contribution in [0.1, 0.15) is 19.8 Å². The van der Waals surface area contributed by atoms with Crippen LogP contribution in [0.2, 0.25) is 0 Å². The van der Waals surface area contributed by atoms with Gasteiger partial charge in [-0.2, -0.15) is 0 Å². The fourth-order valence-corrected chi connectivity index (χ4v) is 2.34. The number of aromatic nitrogens is 1. The number of hydrogen-bond donors (Lipinski definition) is 3. The molecular formula is C20H24N6O2. The van der Waals surface area contributed by atoms with Crippen molar-refractivity contribution in [3.05, 3.63) is 48.7 Å². The lowest BCUT2D eigenvalue weighted by atomic mass is 10.2. The molecule has 0 saturated heterocycles. The van der Waals surface area contributed by atoms with Crippen LogP contribution in [-0.4, -0.2) is 17.4 Å². The van der Waals surface area contributed by atoms with Gasteiger partial charge >= 0.3 is 0 Å². The topological polar surface area (TPSA) is 128 Å². The average molecular weight is 380 g/mol. The van der Waals surface area contributed by atoms with Crippen molar-refractivity contribution in [3.8, 4) is 5.75 Å². The van der Waals surface area contributed by atoms with Crippen LogP contribution < -0.4 is 21.5 Å². The third-order valence-electron chi connectivity index (χ3n) is 4.36. The number of anilines is 2. The Hall–Kier alpha value is -3.26. The number of nitrogen functional groups attached to an aromatic ring is 1. The molecule has 5 N–H and O–H groups in total. The van der Waals surface area contributed by atoms with Gasteiger partial charge in [-0.1, -0.05) is 25.6 Å². The highest BCUT2D eigenvalue weighted by molar-refractivity contribution is 5.92. The lowest BCUT2D eigenvalue weighted by molar-refractivity contribution is -0.119. The number of hydrogen-bond acceptors (Lipinski definition) is 7. The molecule has 1 saturated carbocycles. The molecule has 1 heterocycles. The predicted molar refractivity (Wildman–Crippen MR) is 109 cm³/mol. The fourth-order valence-electron chi connectivity index (χ4n) is 2.34. The molecule has 1 amide bonds. The zero-order valence-electron chi connectivity index (χ0n) is 15.8. The first-order chi connectivity index (χ1) is 13.5. The van der Waals surface area contributed by atoms with Crippen LogP contribution in [0.15, 0.2) is 59.0 Å². The molecule has 1 fully saturated rings. The van der Waals surface area contributed by atoms with Crippen molar-refractivity contribution in [2.75, 3.05) is 17.6 Å². The summed E-state index contributed by atoms with van der Waals surface area (Å²) in [6.45, 7) is 5.96. The maximum atomic E-state index is 11.9. The van der Waals surface area contributed by atoms with Crippen molar-refractivity contribution in [2.24, 2.45) is 27.8 Å². The standard InChI is InChI=1S/C20H24N6O2/c1-12(11-21)20(27)24-18-10-9-16(19(22)23-18)26-25-15-5-3-4-6-17(15)28-13(2)14-7-8-14/h3-6,9-10,12,14H,2,7-8,11,21H2,1H3,(H3,22,23,24,27)/b26-25+/t12-/m1/s1. The summed E-state index contributed by atoms with van der Waals surface area (Å²) in [4.78, 5) is 16.0. The van der Waals surface area contributed by atoms with Gasteiger partial charge in [0.05, 0.1) is 0 Å². The van der Waals surface area contributed by atoms with E-state index in [4.69, 9.17) is 16.2 Å². The van der Waals surface area contributed by atoms with Gasteiger partial charge in [0.25, 0.3) is 0 Å². The predicted octanol–water partition coefficient (Wildman–Crippen LogP) is 3.92. The van der Waals surface area contributed by atoms with E-state index in [2.05, 4.69) is 27.1 Å². The molecule has 3 rings (SSSR count). The Morgan fingerprint density at radius 2 is 2.00 bits per heavy atom. The SMILES string of the molecule is C=C(Oc1ccccc1/N=N/c1ccc(NC(=O)[C@H](C)CN)nc1N)C1CC1. The second-order valence-corrected chi connectivity index (χ2v) is 6.74. The Morgan fingerprint density at radius 3 is 2.68 bits per heavy atom. The summed E-state index contributed by atoms with van der Waals surface area (Å²) in [5.41, 5.74) is 12.4. The Labute approximate surface area is 163 Å². The van der Waals surface area contributed by atoms with E-state index in [9.17, 15) is 4.79 Å². The highest BCUT2D eigenvalue weighted by atomic mass is 16.5. The van der Waals surface area contributed by atoms with Crippen LogP contribution in [0.4, 0.5) is 23.0 Å². The van der Waals surface area contributed by atoms with E-state index < -0.39 is 0 Å². The fraction of sp³-hybridized carbons (Fsp3) is 0.300. The number of azo groups is 1. The zero-order valence-corrected chi connectivity index (χ0v) is 15.8. The number of benzene rings is 1. The molecule has 1 atom stereocenters. The minimum Gasteiger partial charge on any atom is -0.460 e. The van der Waals surface area contributed by atoms with Gasteiger partial charge in [-0.25, -0.2) is 4.98 Å². The average Bonchev–Trinajstić information content (AvgIpc) is 3.53. The molecule has 0 spiro atoms. The minimum absolute atomic E-state index is 0.155. The highest BCUT2D eigenvalue weighted by Crippen LogP contribution is 2.39. The third kappa shape index (κ3) is 4.92. The van der Waals surface area contributed by atoms with Crippen LogP contribution in [0.5, 0.6) is 5.75 Å². The lowest BCUT2D eigenvalue weighted by Gasteiger charge is -2.10. The van der Waals surface area contributed by atoms with Gasteiger partial charge in [0, 0.05) is 18.4 Å². The van der Waals surface area contributed by atoms with E-state index >= 15 is 0 Å². The van der Waals surface area contributed by atoms with Crippen LogP contribution in [0.25, 0.3) is 0 Å². The Kier molecular flexibility index (Phi) is 6.00. The van der Waals surface area contributed by atoms with Crippen molar-refractivity contribution in [1.29, 1.82) is 0 Å². The molecule has 1 aromatic carbocycles. The highest BCUT2D eigenvalue weighted by Gasteiger charge is 2.26. The molecule has 0 bridgehead atoms. The van der Waals surface area contributed by atoms with Gasteiger partial charge in [-0.15, -0.1) is 10.2 Å². The van der Waals surface area contributed by atoms with Crippen LogP contribution in [0, 0.1) is 11.8 Å². The first-order valence-corrected chi connectivity index (χ1v) is 9.12. The van der Waals surface area contributed by atoms with Crippen LogP contribution >= 0.6 is 0 Å². The van der Waals surface area contributed by atoms with Gasteiger partial charge in [0.15, 0.2) is 11.6 Å². The first kappa shape index (κ1) is 19.5. The molecule has 146 valence electrons. The van der Waals surface area contributed by atoms with E-state index in [1.165, 1.54) is 0 Å². The number of pyridine rings is 1. The van der Waals surface area contributed by atoms with Crippen molar-refractivity contribution >= 4 is 28.9 Å². The van der Waals surface area contributed by atoms with E-state index in [0.717, 1.165) is 18.6 Å². The molecule has 1 aromatic heterocycles. The number of amides is 1. The maximum Gasteiger partial charge on any atom is 0.229 e. The Bertz CT molecular complexity index is 907. The molecule has 0 radical (unpaired) electrons. The summed E-state index contributed by atoms with van der Waals surface area (Å²) in [6.07, 6.45) is 2.22. The maximum absolute atomic E-state index is 11.9. The number of para-hydroxylation sites is 1. The number of carbonyl (C=O) groups is 1. The van der Waals surface area contributed by atoms with Gasteiger partial charge in [0.1, 0.15) is 23.0 Å². The Balaban J connectivity index is 1.72. The van der Waals surface area contributed by atoms with Crippen molar-refractivity contribution < 1.29 is 9.53 Å². The molecule has 1 aliphatic rings.